The lowest BCUT2D eigenvalue weighted by molar-refractivity contribution is 0.555. The number of sulfonamides is 1. The molecule has 2 aromatic carbocycles. The second-order valence-electron chi connectivity index (χ2n) is 9.54. The van der Waals surface area contributed by atoms with Gasteiger partial charge in [0.15, 0.2) is 5.82 Å². The van der Waals surface area contributed by atoms with E-state index in [1.165, 1.54) is 29.5 Å². The molecule has 0 amide bonds. The Kier molecular flexibility index (Phi) is 7.86. The molecule has 4 aromatic rings. The highest BCUT2D eigenvalue weighted by Gasteiger charge is 2.27. The van der Waals surface area contributed by atoms with Crippen LogP contribution in [0.1, 0.15) is 38.0 Å². The minimum absolute atomic E-state index is 0.0220. The zero-order valence-corrected chi connectivity index (χ0v) is 22.6. The molecule has 0 aliphatic heterocycles. The number of hydrogen-bond donors (Lipinski definition) is 2. The van der Waals surface area contributed by atoms with Crippen molar-refractivity contribution in [2.75, 3.05) is 11.3 Å². The van der Waals surface area contributed by atoms with E-state index in [2.05, 4.69) is 9.97 Å². The van der Waals surface area contributed by atoms with Crippen LogP contribution in [0.25, 0.3) is 21.8 Å². The summed E-state index contributed by atoms with van der Waals surface area (Å²) in [6.45, 7) is 6.41. The Balaban J connectivity index is 1.82. The number of anilines is 1. The van der Waals surface area contributed by atoms with Crippen molar-refractivity contribution < 1.29 is 21.6 Å². The van der Waals surface area contributed by atoms with Crippen LogP contribution in [-0.2, 0) is 21.9 Å². The van der Waals surface area contributed by atoms with Crippen molar-refractivity contribution in [2.45, 2.75) is 43.9 Å². The first kappa shape index (κ1) is 27.7. The maximum absolute atomic E-state index is 15.9. The highest BCUT2D eigenvalue weighted by molar-refractivity contribution is 7.92. The smallest absolute Gasteiger partial charge is 0.265 e. The van der Waals surface area contributed by atoms with Gasteiger partial charge in [0.1, 0.15) is 22.4 Å². The molecule has 0 saturated heterocycles. The molecule has 0 fully saturated rings. The average molecular weight is 562 g/mol. The number of aryl methyl sites for hydroxylation is 1. The quantitative estimate of drug-likeness (QED) is 0.287. The van der Waals surface area contributed by atoms with Crippen molar-refractivity contribution in [3.63, 3.8) is 0 Å². The first-order chi connectivity index (χ1) is 17.9. The Labute approximate surface area is 223 Å². The third-order valence-corrected chi connectivity index (χ3v) is 8.38. The highest BCUT2D eigenvalue weighted by Crippen LogP contribution is 2.42. The lowest BCUT2D eigenvalue weighted by atomic mass is 9.98. The number of nitrogens with two attached hydrogens (primary N) is 1. The number of nitrogens with one attached hydrogen (secondary N) is 1. The van der Waals surface area contributed by atoms with E-state index in [0.717, 1.165) is 11.1 Å². The number of rotatable bonds is 8. The van der Waals surface area contributed by atoms with Crippen LogP contribution in [0.4, 0.5) is 18.9 Å². The molecular weight excluding hydrogens is 535 g/mol. The summed E-state index contributed by atoms with van der Waals surface area (Å²) >= 11 is 1.35. The Morgan fingerprint density at radius 1 is 1.05 bits per heavy atom. The van der Waals surface area contributed by atoms with E-state index < -0.39 is 38.1 Å². The van der Waals surface area contributed by atoms with Gasteiger partial charge in [-0.2, -0.15) is 0 Å². The molecular formula is C26H26F3N5O2S2. The van der Waals surface area contributed by atoms with Gasteiger partial charge in [-0.1, -0.05) is 26.8 Å². The molecule has 3 N–H and O–H groups in total. The average Bonchev–Trinajstić information content (AvgIpc) is 3.31. The molecule has 0 bridgehead atoms. The van der Waals surface area contributed by atoms with Crippen LogP contribution in [-0.4, -0.2) is 29.9 Å². The molecule has 2 heterocycles. The van der Waals surface area contributed by atoms with E-state index >= 15 is 4.39 Å². The van der Waals surface area contributed by atoms with E-state index in [9.17, 15) is 17.2 Å². The summed E-state index contributed by atoms with van der Waals surface area (Å²) in [4.78, 5) is 13.3. The summed E-state index contributed by atoms with van der Waals surface area (Å²) in [7, 11) is -4.64. The van der Waals surface area contributed by atoms with E-state index in [4.69, 9.17) is 10.7 Å². The molecule has 0 aliphatic carbocycles. The van der Waals surface area contributed by atoms with E-state index in [-0.39, 0.29) is 16.7 Å². The van der Waals surface area contributed by atoms with Gasteiger partial charge < -0.3 is 5.73 Å². The summed E-state index contributed by atoms with van der Waals surface area (Å²) in [5, 5.41) is 0.719. The standard InChI is InChI=1S/C26H26F3N5O2S2/c1-26(2,3)25-33-23(24(37-25)19-11-13-31-21(32-19)8-5-12-30)16-6-4-7-18(22(16)29)34-38(35,36)20-14-15(27)9-10-17(20)28/h4,6-7,9-11,13-14,34H,5,8,12,30H2,1-3H3. The molecule has 0 aliphatic rings. The van der Waals surface area contributed by atoms with Gasteiger partial charge >= 0.3 is 0 Å². The van der Waals surface area contributed by atoms with Crippen LogP contribution in [0.15, 0.2) is 53.6 Å². The Bertz CT molecular complexity index is 1580. The number of hydrogen-bond acceptors (Lipinski definition) is 7. The van der Waals surface area contributed by atoms with Crippen molar-refractivity contribution in [1.82, 2.24) is 15.0 Å². The zero-order valence-electron chi connectivity index (χ0n) is 20.9. The molecule has 0 spiro atoms. The van der Waals surface area contributed by atoms with Crippen LogP contribution in [0.3, 0.4) is 0 Å². The highest BCUT2D eigenvalue weighted by atomic mass is 32.2. The van der Waals surface area contributed by atoms with Crippen molar-refractivity contribution in [1.29, 1.82) is 0 Å². The summed E-state index contributed by atoms with van der Waals surface area (Å²) in [5.74, 6) is -2.44. The SMILES string of the molecule is CC(C)(C)c1nc(-c2cccc(NS(=O)(=O)c3cc(F)ccc3F)c2F)c(-c2ccnc(CCCN)n2)s1. The molecule has 4 rings (SSSR count). The van der Waals surface area contributed by atoms with Crippen LogP contribution < -0.4 is 10.5 Å². The van der Waals surface area contributed by atoms with Crippen LogP contribution in [0, 0.1) is 17.5 Å². The molecule has 0 saturated carbocycles. The summed E-state index contributed by atoms with van der Waals surface area (Å²) in [6, 6.07) is 7.83. The Morgan fingerprint density at radius 2 is 1.82 bits per heavy atom. The van der Waals surface area contributed by atoms with Gasteiger partial charge in [-0.25, -0.2) is 36.5 Å². The summed E-state index contributed by atoms with van der Waals surface area (Å²) < 4.78 is 71.3. The van der Waals surface area contributed by atoms with Gasteiger partial charge in [0, 0.05) is 23.6 Å². The van der Waals surface area contributed by atoms with Crippen molar-refractivity contribution in [2.24, 2.45) is 5.73 Å². The molecule has 0 atom stereocenters. The van der Waals surface area contributed by atoms with Gasteiger partial charge in [-0.15, -0.1) is 11.3 Å². The maximum atomic E-state index is 15.9. The van der Waals surface area contributed by atoms with Gasteiger partial charge in [-0.3, -0.25) is 4.72 Å². The fourth-order valence-electron chi connectivity index (χ4n) is 3.58. The molecule has 7 nitrogen and oxygen atoms in total. The van der Waals surface area contributed by atoms with Crippen molar-refractivity contribution >= 4 is 27.0 Å². The van der Waals surface area contributed by atoms with Crippen LogP contribution in [0.2, 0.25) is 0 Å². The van der Waals surface area contributed by atoms with E-state index in [1.807, 2.05) is 25.5 Å². The third-order valence-electron chi connectivity index (χ3n) is 5.49. The zero-order chi connectivity index (χ0) is 27.7. The second kappa shape index (κ2) is 10.8. The maximum Gasteiger partial charge on any atom is 0.265 e. The summed E-state index contributed by atoms with van der Waals surface area (Å²) in [6.07, 6.45) is 2.89. The van der Waals surface area contributed by atoms with E-state index in [1.54, 1.807) is 12.3 Å². The molecule has 38 heavy (non-hydrogen) atoms. The van der Waals surface area contributed by atoms with Gasteiger partial charge in [-0.05, 0) is 49.4 Å². The van der Waals surface area contributed by atoms with Gasteiger partial charge in [0.2, 0.25) is 0 Å². The fourth-order valence-corrected chi connectivity index (χ4v) is 5.84. The van der Waals surface area contributed by atoms with Crippen molar-refractivity contribution in [3.8, 4) is 21.8 Å². The lowest BCUT2D eigenvalue weighted by Crippen LogP contribution is -2.16. The molecule has 2 aromatic heterocycles. The summed E-state index contributed by atoms with van der Waals surface area (Å²) in [5.41, 5.74) is 5.65. The van der Waals surface area contributed by atoms with Gasteiger partial charge in [0.25, 0.3) is 10.0 Å². The first-order valence-corrected chi connectivity index (χ1v) is 14.0. The second-order valence-corrected chi connectivity index (χ2v) is 12.2. The predicted octanol–water partition coefficient (Wildman–Crippen LogP) is 5.67. The topological polar surface area (TPSA) is 111 Å². The monoisotopic (exact) mass is 561 g/mol. The van der Waals surface area contributed by atoms with Gasteiger partial charge in [0.05, 0.1) is 27.0 Å². The fraction of sp³-hybridized carbons (Fsp3) is 0.269. The molecule has 12 heteroatoms. The van der Waals surface area contributed by atoms with Crippen LogP contribution in [0.5, 0.6) is 0 Å². The predicted molar refractivity (Wildman–Crippen MR) is 142 cm³/mol. The number of aromatic nitrogens is 3. The minimum Gasteiger partial charge on any atom is -0.330 e. The Hall–Kier alpha value is -3.35. The normalized spacial score (nSPS) is 12.1. The minimum atomic E-state index is -4.64. The third kappa shape index (κ3) is 5.87. The Morgan fingerprint density at radius 3 is 2.53 bits per heavy atom. The number of thiazole rings is 1. The molecule has 0 radical (unpaired) electrons. The van der Waals surface area contributed by atoms with E-state index in [0.29, 0.717) is 47.9 Å². The first-order valence-electron chi connectivity index (χ1n) is 11.7. The largest absolute Gasteiger partial charge is 0.330 e. The number of nitrogens with zero attached hydrogens (tertiary/aromatic N) is 3. The number of halogens is 3. The molecule has 0 unspecified atom stereocenters. The lowest BCUT2D eigenvalue weighted by Gasteiger charge is -2.14. The van der Waals surface area contributed by atoms with Crippen molar-refractivity contribution in [3.05, 3.63) is 76.9 Å². The molecule has 200 valence electrons. The number of benzene rings is 2. The van der Waals surface area contributed by atoms with Crippen LogP contribution >= 0.6 is 11.3 Å².